The summed E-state index contributed by atoms with van der Waals surface area (Å²) in [6.07, 6.45) is 5.99. The lowest BCUT2D eigenvalue weighted by atomic mass is 9.83. The van der Waals surface area contributed by atoms with Gasteiger partial charge in [-0.1, -0.05) is 60.1 Å². The molecule has 0 aromatic rings. The molecule has 3 atom stereocenters. The highest BCUT2D eigenvalue weighted by atomic mass is 14.2. The van der Waals surface area contributed by atoms with Crippen molar-refractivity contribution in [1.82, 2.24) is 0 Å². The number of allylic oxidation sites excluding steroid dienone is 2. The van der Waals surface area contributed by atoms with E-state index in [2.05, 4.69) is 53.7 Å². The van der Waals surface area contributed by atoms with Crippen molar-refractivity contribution in [2.45, 2.75) is 48.0 Å². The predicted molar refractivity (Wildman–Crippen MR) is 61.8 cm³/mol. The van der Waals surface area contributed by atoms with E-state index in [1.54, 1.807) is 0 Å². The molecule has 0 N–H and O–H groups in total. The fourth-order valence-corrected chi connectivity index (χ4v) is 1.46. The van der Waals surface area contributed by atoms with E-state index in [0.29, 0.717) is 5.92 Å². The smallest absolute Gasteiger partial charge is 0.0234 e. The molecule has 0 spiro atoms. The first kappa shape index (κ1) is 12.7. The molecule has 0 aliphatic carbocycles. The fourth-order valence-electron chi connectivity index (χ4n) is 1.46. The highest BCUT2D eigenvalue weighted by molar-refractivity contribution is 4.91. The van der Waals surface area contributed by atoms with Crippen LogP contribution in [0.5, 0.6) is 0 Å². The van der Waals surface area contributed by atoms with E-state index < -0.39 is 0 Å². The zero-order valence-electron chi connectivity index (χ0n) is 10.2. The Morgan fingerprint density at radius 1 is 0.923 bits per heavy atom. The van der Waals surface area contributed by atoms with E-state index in [1.807, 2.05) is 0 Å². The summed E-state index contributed by atoms with van der Waals surface area (Å²) in [4.78, 5) is 0. The molecule has 0 amide bonds. The van der Waals surface area contributed by atoms with Gasteiger partial charge in [-0.2, -0.15) is 0 Å². The molecule has 0 aliphatic heterocycles. The first-order valence-electron chi connectivity index (χ1n) is 5.67. The van der Waals surface area contributed by atoms with Crippen molar-refractivity contribution in [1.29, 1.82) is 0 Å². The standard InChI is InChI=1S/C13H26/c1-7-11(4)13(6)12(5)9-8-10(2)3/h8-13H,7H2,1-6H3. The quantitative estimate of drug-likeness (QED) is 0.548. The van der Waals surface area contributed by atoms with Crippen LogP contribution in [0.3, 0.4) is 0 Å². The molecule has 0 saturated carbocycles. The van der Waals surface area contributed by atoms with Crippen LogP contribution in [0.15, 0.2) is 12.2 Å². The van der Waals surface area contributed by atoms with Gasteiger partial charge in [0.25, 0.3) is 0 Å². The highest BCUT2D eigenvalue weighted by Gasteiger charge is 2.15. The summed E-state index contributed by atoms with van der Waals surface area (Å²) >= 11 is 0. The van der Waals surface area contributed by atoms with Crippen LogP contribution in [0.2, 0.25) is 0 Å². The Morgan fingerprint density at radius 2 is 1.46 bits per heavy atom. The highest BCUT2D eigenvalue weighted by Crippen LogP contribution is 2.24. The largest absolute Gasteiger partial charge is 0.0857 e. The van der Waals surface area contributed by atoms with E-state index >= 15 is 0 Å². The van der Waals surface area contributed by atoms with Gasteiger partial charge in [0, 0.05) is 0 Å². The molecule has 78 valence electrons. The third-order valence-corrected chi connectivity index (χ3v) is 3.17. The van der Waals surface area contributed by atoms with E-state index in [-0.39, 0.29) is 0 Å². The molecule has 0 nitrogen and oxygen atoms in total. The van der Waals surface area contributed by atoms with Gasteiger partial charge in [-0.3, -0.25) is 0 Å². The average molecular weight is 182 g/mol. The molecule has 13 heavy (non-hydrogen) atoms. The van der Waals surface area contributed by atoms with Crippen LogP contribution >= 0.6 is 0 Å². The van der Waals surface area contributed by atoms with Gasteiger partial charge in [0.1, 0.15) is 0 Å². The second-order valence-corrected chi connectivity index (χ2v) is 4.73. The van der Waals surface area contributed by atoms with Gasteiger partial charge in [0.05, 0.1) is 0 Å². The Bertz CT molecular complexity index is 144. The zero-order valence-corrected chi connectivity index (χ0v) is 10.2. The Kier molecular flexibility index (Phi) is 6.11. The summed E-state index contributed by atoms with van der Waals surface area (Å²) in [7, 11) is 0. The fraction of sp³-hybridized carbons (Fsp3) is 0.846. The maximum Gasteiger partial charge on any atom is -0.0234 e. The van der Waals surface area contributed by atoms with Crippen molar-refractivity contribution in [2.24, 2.45) is 23.7 Å². The molecule has 0 bridgehead atoms. The van der Waals surface area contributed by atoms with Crippen LogP contribution in [0.1, 0.15) is 48.0 Å². The summed E-state index contributed by atoms with van der Waals surface area (Å²) in [5.41, 5.74) is 0. The number of hydrogen-bond donors (Lipinski definition) is 0. The summed E-state index contributed by atoms with van der Waals surface area (Å²) < 4.78 is 0. The van der Waals surface area contributed by atoms with Gasteiger partial charge in [-0.15, -0.1) is 0 Å². The molecule has 0 rings (SSSR count). The SMILES string of the molecule is CCC(C)C(C)C(C)C=CC(C)C. The van der Waals surface area contributed by atoms with Gasteiger partial charge >= 0.3 is 0 Å². The van der Waals surface area contributed by atoms with Crippen LogP contribution in [-0.4, -0.2) is 0 Å². The van der Waals surface area contributed by atoms with Crippen molar-refractivity contribution < 1.29 is 0 Å². The van der Waals surface area contributed by atoms with Crippen LogP contribution in [0, 0.1) is 23.7 Å². The molecule has 3 unspecified atom stereocenters. The van der Waals surface area contributed by atoms with Crippen LogP contribution in [0.25, 0.3) is 0 Å². The minimum atomic E-state index is 0.687. The van der Waals surface area contributed by atoms with E-state index in [1.165, 1.54) is 6.42 Å². The van der Waals surface area contributed by atoms with E-state index in [4.69, 9.17) is 0 Å². The summed E-state index contributed by atoms with van der Waals surface area (Å²) in [5, 5.41) is 0. The Hall–Kier alpha value is -0.260. The number of rotatable bonds is 5. The van der Waals surface area contributed by atoms with Crippen LogP contribution < -0.4 is 0 Å². The topological polar surface area (TPSA) is 0 Å². The van der Waals surface area contributed by atoms with Crippen LogP contribution in [-0.2, 0) is 0 Å². The minimum absolute atomic E-state index is 0.687. The first-order chi connectivity index (χ1) is 5.99. The normalized spacial score (nSPS) is 19.3. The predicted octanol–water partition coefficient (Wildman–Crippen LogP) is 4.52. The second-order valence-electron chi connectivity index (χ2n) is 4.73. The molecular weight excluding hydrogens is 156 g/mol. The summed E-state index contributed by atoms with van der Waals surface area (Å²) in [5.74, 6) is 3.05. The zero-order chi connectivity index (χ0) is 10.4. The lowest BCUT2D eigenvalue weighted by molar-refractivity contribution is 0.311. The molecule has 0 fully saturated rings. The molecule has 0 saturated heterocycles. The number of hydrogen-bond acceptors (Lipinski definition) is 0. The Labute approximate surface area is 84.4 Å². The first-order valence-corrected chi connectivity index (χ1v) is 5.67. The molecule has 0 heteroatoms. The maximum absolute atomic E-state index is 2.38. The lowest BCUT2D eigenvalue weighted by Gasteiger charge is -2.22. The lowest BCUT2D eigenvalue weighted by Crippen LogP contribution is -2.14. The Morgan fingerprint density at radius 3 is 1.85 bits per heavy atom. The molecule has 0 aromatic heterocycles. The molecule has 0 aromatic carbocycles. The van der Waals surface area contributed by atoms with Crippen molar-refractivity contribution >= 4 is 0 Å². The van der Waals surface area contributed by atoms with Crippen molar-refractivity contribution in [3.63, 3.8) is 0 Å². The maximum atomic E-state index is 2.38. The summed E-state index contributed by atoms with van der Waals surface area (Å²) in [6, 6.07) is 0. The van der Waals surface area contributed by atoms with Gasteiger partial charge < -0.3 is 0 Å². The minimum Gasteiger partial charge on any atom is -0.0857 e. The Balaban J connectivity index is 4.02. The van der Waals surface area contributed by atoms with Gasteiger partial charge in [0.15, 0.2) is 0 Å². The van der Waals surface area contributed by atoms with E-state index in [9.17, 15) is 0 Å². The molecule has 0 aliphatic rings. The third-order valence-electron chi connectivity index (χ3n) is 3.17. The van der Waals surface area contributed by atoms with Crippen molar-refractivity contribution in [3.05, 3.63) is 12.2 Å². The van der Waals surface area contributed by atoms with Gasteiger partial charge in [0.2, 0.25) is 0 Å². The van der Waals surface area contributed by atoms with Crippen molar-refractivity contribution in [2.75, 3.05) is 0 Å². The van der Waals surface area contributed by atoms with Crippen molar-refractivity contribution in [3.8, 4) is 0 Å². The monoisotopic (exact) mass is 182 g/mol. The molecule has 0 radical (unpaired) electrons. The van der Waals surface area contributed by atoms with Crippen LogP contribution in [0.4, 0.5) is 0 Å². The average Bonchev–Trinajstić information content (AvgIpc) is 2.11. The molecular formula is C13H26. The second kappa shape index (κ2) is 6.23. The molecule has 0 heterocycles. The van der Waals surface area contributed by atoms with Gasteiger partial charge in [-0.25, -0.2) is 0 Å². The third kappa shape index (κ3) is 5.13. The van der Waals surface area contributed by atoms with E-state index in [0.717, 1.165) is 17.8 Å². The summed E-state index contributed by atoms with van der Waals surface area (Å²) in [6.45, 7) is 13.8. The van der Waals surface area contributed by atoms with Gasteiger partial charge in [-0.05, 0) is 23.7 Å².